The molecule has 0 aromatic carbocycles. The summed E-state index contributed by atoms with van der Waals surface area (Å²) in [5.41, 5.74) is 3.10. The van der Waals surface area contributed by atoms with Crippen LogP contribution in [0.25, 0.3) is 0 Å². The first kappa shape index (κ1) is 14.6. The van der Waals surface area contributed by atoms with Crippen LogP contribution < -0.4 is 0 Å². The fourth-order valence-corrected chi connectivity index (χ4v) is 6.22. The minimum absolute atomic E-state index is 0.0740. The van der Waals surface area contributed by atoms with Crippen LogP contribution in [-0.4, -0.2) is 23.3 Å². The number of Topliss-reactive ketones (excluding diaryl/α,β-unsaturated/α-hetero) is 2. The molecule has 2 fully saturated rings. The fourth-order valence-electron chi connectivity index (χ4n) is 6.22. The van der Waals surface area contributed by atoms with E-state index >= 15 is 0 Å². The molecule has 3 heteroatoms. The van der Waals surface area contributed by atoms with Crippen molar-refractivity contribution in [3.63, 3.8) is 0 Å². The van der Waals surface area contributed by atoms with Gasteiger partial charge in [0, 0.05) is 18.8 Å². The number of hydrogen-bond donors (Lipinski definition) is 1. The van der Waals surface area contributed by atoms with Crippen LogP contribution in [0.2, 0.25) is 0 Å². The van der Waals surface area contributed by atoms with Gasteiger partial charge < -0.3 is 5.11 Å². The highest BCUT2D eigenvalue weighted by molar-refractivity contribution is 5.83. The Hall–Kier alpha value is -0.960. The van der Waals surface area contributed by atoms with Gasteiger partial charge in [-0.3, -0.25) is 9.59 Å². The molecule has 0 saturated heterocycles. The predicted octanol–water partition coefficient (Wildman–Crippen LogP) is 3.06. The zero-order valence-corrected chi connectivity index (χ0v) is 13.2. The van der Waals surface area contributed by atoms with Crippen molar-refractivity contribution in [3.05, 3.63) is 11.1 Å². The monoisotopic (exact) mass is 302 g/mol. The van der Waals surface area contributed by atoms with Crippen molar-refractivity contribution in [1.29, 1.82) is 0 Å². The smallest absolute Gasteiger partial charge is 0.161 e. The number of carbonyl (C=O) groups is 2. The molecule has 5 unspecified atom stereocenters. The maximum absolute atomic E-state index is 12.0. The number of aliphatic hydroxyl groups excluding tert-OH is 1. The van der Waals surface area contributed by atoms with Crippen molar-refractivity contribution < 1.29 is 14.7 Å². The Morgan fingerprint density at radius 2 is 1.77 bits per heavy atom. The third kappa shape index (κ3) is 2.20. The van der Waals surface area contributed by atoms with E-state index in [1.807, 2.05) is 0 Å². The van der Waals surface area contributed by atoms with Crippen LogP contribution in [0, 0.1) is 29.6 Å². The second kappa shape index (κ2) is 5.59. The Morgan fingerprint density at radius 3 is 2.59 bits per heavy atom. The molecule has 0 bridgehead atoms. The van der Waals surface area contributed by atoms with Crippen LogP contribution in [0.3, 0.4) is 0 Å². The highest BCUT2D eigenvalue weighted by Crippen LogP contribution is 2.57. The van der Waals surface area contributed by atoms with E-state index in [-0.39, 0.29) is 18.3 Å². The van der Waals surface area contributed by atoms with E-state index in [9.17, 15) is 14.7 Å². The van der Waals surface area contributed by atoms with Gasteiger partial charge in [-0.25, -0.2) is 0 Å². The van der Waals surface area contributed by atoms with Gasteiger partial charge in [0.25, 0.3) is 0 Å². The molecule has 0 spiro atoms. The van der Waals surface area contributed by atoms with Gasteiger partial charge in [-0.2, -0.15) is 0 Å². The number of rotatable bonds is 2. The molecule has 22 heavy (non-hydrogen) atoms. The molecule has 1 N–H and O–H groups in total. The van der Waals surface area contributed by atoms with Crippen molar-refractivity contribution in [3.8, 4) is 0 Å². The molecule has 4 rings (SSSR count). The Balaban J connectivity index is 1.56. The lowest BCUT2D eigenvalue weighted by atomic mass is 9.58. The number of ketones is 2. The van der Waals surface area contributed by atoms with Crippen molar-refractivity contribution in [2.75, 3.05) is 6.61 Å². The van der Waals surface area contributed by atoms with Crippen LogP contribution in [0.1, 0.15) is 57.8 Å². The zero-order chi connectivity index (χ0) is 15.3. The molecular weight excluding hydrogens is 276 g/mol. The molecule has 2 saturated carbocycles. The quantitative estimate of drug-likeness (QED) is 0.798. The second-order valence-electron chi connectivity index (χ2n) is 7.87. The average Bonchev–Trinajstić information content (AvgIpc) is 2.97. The molecule has 4 aliphatic carbocycles. The van der Waals surface area contributed by atoms with E-state index in [4.69, 9.17) is 0 Å². The summed E-state index contributed by atoms with van der Waals surface area (Å²) in [4.78, 5) is 23.7. The van der Waals surface area contributed by atoms with E-state index in [1.165, 1.54) is 24.8 Å². The number of allylic oxidation sites excluding steroid dienone is 2. The summed E-state index contributed by atoms with van der Waals surface area (Å²) in [7, 11) is 0. The van der Waals surface area contributed by atoms with Gasteiger partial charge in [-0.1, -0.05) is 11.1 Å². The van der Waals surface area contributed by atoms with Gasteiger partial charge in [0.2, 0.25) is 0 Å². The molecule has 0 heterocycles. The summed E-state index contributed by atoms with van der Waals surface area (Å²) in [5, 5.41) is 9.21. The lowest BCUT2D eigenvalue weighted by molar-refractivity contribution is -0.127. The van der Waals surface area contributed by atoms with Crippen LogP contribution >= 0.6 is 0 Å². The van der Waals surface area contributed by atoms with Gasteiger partial charge in [0.05, 0.1) is 0 Å². The molecular formula is C19H26O3. The summed E-state index contributed by atoms with van der Waals surface area (Å²) < 4.78 is 0. The number of carbonyl (C=O) groups excluding carboxylic acids is 2. The van der Waals surface area contributed by atoms with E-state index < -0.39 is 0 Å². The molecule has 3 nitrogen and oxygen atoms in total. The fraction of sp³-hybridized carbons (Fsp3) is 0.789. The highest BCUT2D eigenvalue weighted by atomic mass is 16.3. The molecule has 0 radical (unpaired) electrons. The largest absolute Gasteiger partial charge is 0.389 e. The molecule has 0 aromatic heterocycles. The van der Waals surface area contributed by atoms with E-state index in [0.717, 1.165) is 44.4 Å². The summed E-state index contributed by atoms with van der Waals surface area (Å²) in [5.74, 6) is 3.27. The predicted molar refractivity (Wildman–Crippen MR) is 83.1 cm³/mol. The Labute approximate surface area is 132 Å². The van der Waals surface area contributed by atoms with Crippen LogP contribution in [0.15, 0.2) is 11.1 Å². The first-order chi connectivity index (χ1) is 10.7. The maximum Gasteiger partial charge on any atom is 0.161 e. The molecule has 0 aromatic rings. The minimum Gasteiger partial charge on any atom is -0.389 e. The molecule has 5 atom stereocenters. The average molecular weight is 302 g/mol. The minimum atomic E-state index is -0.278. The van der Waals surface area contributed by atoms with Gasteiger partial charge in [-0.05, 0) is 68.6 Å². The number of aliphatic hydroxyl groups is 1. The molecule has 0 amide bonds. The molecule has 4 aliphatic rings. The van der Waals surface area contributed by atoms with Crippen molar-refractivity contribution in [2.24, 2.45) is 29.6 Å². The van der Waals surface area contributed by atoms with E-state index in [1.54, 1.807) is 5.57 Å². The summed E-state index contributed by atoms with van der Waals surface area (Å²) in [6.45, 7) is -0.278. The van der Waals surface area contributed by atoms with E-state index in [0.29, 0.717) is 23.5 Å². The van der Waals surface area contributed by atoms with Crippen molar-refractivity contribution >= 4 is 11.6 Å². The normalized spacial score (nSPS) is 41.0. The molecule has 0 aliphatic heterocycles. The lowest BCUT2D eigenvalue weighted by Crippen LogP contribution is -2.39. The standard InChI is InChI=1S/C19H26O3/c20-10-19(22)18-8-7-16-15-3-1-11-9-12(21)2-4-13(11)14(15)5-6-17(16)18/h14-18,20H,1-10H2. The van der Waals surface area contributed by atoms with Crippen LogP contribution in [-0.2, 0) is 9.59 Å². The first-order valence-electron chi connectivity index (χ1n) is 9.05. The van der Waals surface area contributed by atoms with Crippen molar-refractivity contribution in [1.82, 2.24) is 0 Å². The third-order valence-corrected chi connectivity index (χ3v) is 7.09. The maximum atomic E-state index is 12.0. The topological polar surface area (TPSA) is 54.4 Å². The van der Waals surface area contributed by atoms with Crippen molar-refractivity contribution in [2.45, 2.75) is 57.8 Å². The molecule has 120 valence electrons. The number of hydrogen-bond acceptors (Lipinski definition) is 3. The SMILES string of the molecule is O=C1CCC2=C(CCC3C2CCC2C(C(=O)CO)CCC23)C1. The van der Waals surface area contributed by atoms with Crippen LogP contribution in [0.5, 0.6) is 0 Å². The number of fused-ring (bicyclic) bond motifs is 4. The van der Waals surface area contributed by atoms with Gasteiger partial charge in [0.15, 0.2) is 5.78 Å². The second-order valence-corrected chi connectivity index (χ2v) is 7.87. The van der Waals surface area contributed by atoms with E-state index in [2.05, 4.69) is 0 Å². The van der Waals surface area contributed by atoms with Gasteiger partial charge >= 0.3 is 0 Å². The highest BCUT2D eigenvalue weighted by Gasteiger charge is 2.49. The Bertz CT molecular complexity index is 533. The van der Waals surface area contributed by atoms with Gasteiger partial charge in [-0.15, -0.1) is 0 Å². The van der Waals surface area contributed by atoms with Gasteiger partial charge in [0.1, 0.15) is 12.4 Å². The zero-order valence-electron chi connectivity index (χ0n) is 13.2. The van der Waals surface area contributed by atoms with Crippen LogP contribution in [0.4, 0.5) is 0 Å². The summed E-state index contributed by atoms with van der Waals surface area (Å²) >= 11 is 0. The lowest BCUT2D eigenvalue weighted by Gasteiger charge is -2.47. The Morgan fingerprint density at radius 1 is 0.955 bits per heavy atom. The first-order valence-corrected chi connectivity index (χ1v) is 9.05. The summed E-state index contributed by atoms with van der Waals surface area (Å²) in [6.07, 6.45) is 9.32. The summed E-state index contributed by atoms with van der Waals surface area (Å²) in [6, 6.07) is 0. The third-order valence-electron chi connectivity index (χ3n) is 7.09. The Kier molecular flexibility index (Phi) is 3.72.